The van der Waals surface area contributed by atoms with Crippen LogP contribution >= 0.6 is 0 Å². The summed E-state index contributed by atoms with van der Waals surface area (Å²) >= 11 is 0. The predicted octanol–water partition coefficient (Wildman–Crippen LogP) is 5.13. The molecule has 1 saturated heterocycles. The molecule has 1 saturated carbocycles. The van der Waals surface area contributed by atoms with E-state index < -0.39 is 29.2 Å². The van der Waals surface area contributed by atoms with Crippen LogP contribution < -0.4 is 0 Å². The molecule has 0 bridgehead atoms. The molecule has 2 N–H and O–H groups in total. The summed E-state index contributed by atoms with van der Waals surface area (Å²) in [6.07, 6.45) is 0.593. The van der Waals surface area contributed by atoms with Gasteiger partial charge in [0.05, 0.1) is 23.4 Å². The van der Waals surface area contributed by atoms with Gasteiger partial charge < -0.3 is 15.1 Å². The van der Waals surface area contributed by atoms with Crippen molar-refractivity contribution in [3.63, 3.8) is 0 Å². The van der Waals surface area contributed by atoms with E-state index in [1.165, 1.54) is 12.1 Å². The molecule has 2 heterocycles. The zero-order chi connectivity index (χ0) is 27.5. The summed E-state index contributed by atoms with van der Waals surface area (Å²) in [6, 6.07) is 9.43. The van der Waals surface area contributed by atoms with Gasteiger partial charge in [0.25, 0.3) is 0 Å². The molecular formula is C29H35F3N2O4. The van der Waals surface area contributed by atoms with Crippen LogP contribution in [0.5, 0.6) is 0 Å². The smallest absolute Gasteiger partial charge is 0.391 e. The van der Waals surface area contributed by atoms with Crippen LogP contribution in [0.25, 0.3) is 0 Å². The Hall–Kier alpha value is -2.78. The van der Waals surface area contributed by atoms with Crippen molar-refractivity contribution in [3.8, 4) is 0 Å². The van der Waals surface area contributed by atoms with Crippen molar-refractivity contribution >= 4 is 11.7 Å². The maximum Gasteiger partial charge on any atom is 0.416 e. The monoisotopic (exact) mass is 532 g/mol. The fourth-order valence-electron chi connectivity index (χ4n) is 6.01. The number of aliphatic hydroxyl groups excluding tert-OH is 1. The SMILES string of the molecule is CC(O)[C@@H]1C[C@H](CC2CCC(O)(c3ccccn3)CC2)CN1C(=O)CCC(=O)c1cccc(C(F)(F)F)c1. The zero-order valence-electron chi connectivity index (χ0n) is 21.5. The second-order valence-electron chi connectivity index (χ2n) is 10.9. The molecular weight excluding hydrogens is 497 g/mol. The van der Waals surface area contributed by atoms with Gasteiger partial charge in [-0.05, 0) is 81.5 Å². The standard InChI is InChI=1S/C29H35F3N2O4/c1-19(35)24-16-21(15-20-10-12-28(38,13-11-20)26-7-2-3-14-33-26)18-34(24)27(37)9-8-25(36)22-5-4-6-23(17-22)29(30,31)32/h2-7,14,17,19-21,24,35,38H,8-13,15-16,18H2,1H3/t19?,20?,21-,24-,28?/m0/s1. The number of ketones is 1. The van der Waals surface area contributed by atoms with E-state index >= 15 is 0 Å². The molecule has 6 nitrogen and oxygen atoms in total. The van der Waals surface area contributed by atoms with Gasteiger partial charge in [0.2, 0.25) is 5.91 Å². The number of rotatable bonds is 8. The highest BCUT2D eigenvalue weighted by Crippen LogP contribution is 2.42. The van der Waals surface area contributed by atoms with E-state index in [0.29, 0.717) is 37.4 Å². The lowest BCUT2D eigenvalue weighted by Crippen LogP contribution is -2.41. The summed E-state index contributed by atoms with van der Waals surface area (Å²) in [5.74, 6) is -0.191. The number of carbonyl (C=O) groups excluding carboxylic acids is 2. The van der Waals surface area contributed by atoms with Crippen molar-refractivity contribution in [2.75, 3.05) is 6.54 Å². The van der Waals surface area contributed by atoms with Gasteiger partial charge in [0.1, 0.15) is 5.60 Å². The Bertz CT molecular complexity index is 1110. The summed E-state index contributed by atoms with van der Waals surface area (Å²) in [6.45, 7) is 2.13. The molecule has 206 valence electrons. The van der Waals surface area contributed by atoms with Gasteiger partial charge in [-0.15, -0.1) is 0 Å². The molecule has 2 aliphatic rings. The third kappa shape index (κ3) is 6.61. The van der Waals surface area contributed by atoms with E-state index in [-0.39, 0.29) is 36.3 Å². The van der Waals surface area contributed by atoms with Crippen molar-refractivity contribution in [2.45, 2.75) is 82.2 Å². The lowest BCUT2D eigenvalue weighted by atomic mass is 9.74. The highest BCUT2D eigenvalue weighted by Gasteiger charge is 2.41. The Morgan fingerprint density at radius 3 is 2.47 bits per heavy atom. The molecule has 2 fully saturated rings. The van der Waals surface area contributed by atoms with Crippen molar-refractivity contribution in [1.82, 2.24) is 9.88 Å². The zero-order valence-corrected chi connectivity index (χ0v) is 21.5. The van der Waals surface area contributed by atoms with Crippen LogP contribution in [0.2, 0.25) is 0 Å². The fraction of sp³-hybridized carbons (Fsp3) is 0.552. The summed E-state index contributed by atoms with van der Waals surface area (Å²) < 4.78 is 38.9. The number of carbonyl (C=O) groups is 2. The number of pyridine rings is 1. The summed E-state index contributed by atoms with van der Waals surface area (Å²) in [7, 11) is 0. The second kappa shape index (κ2) is 11.5. The quantitative estimate of drug-likeness (QED) is 0.460. The van der Waals surface area contributed by atoms with E-state index in [1.807, 2.05) is 18.2 Å². The molecule has 4 rings (SSSR count). The molecule has 3 atom stereocenters. The summed E-state index contributed by atoms with van der Waals surface area (Å²) in [5, 5.41) is 21.4. The van der Waals surface area contributed by atoms with Crippen LogP contribution in [-0.4, -0.2) is 50.5 Å². The molecule has 0 radical (unpaired) electrons. The number of nitrogens with zero attached hydrogens (tertiary/aromatic N) is 2. The Morgan fingerprint density at radius 1 is 1.11 bits per heavy atom. The average molecular weight is 533 g/mol. The average Bonchev–Trinajstić information content (AvgIpc) is 3.33. The fourth-order valence-corrected chi connectivity index (χ4v) is 6.01. The molecule has 38 heavy (non-hydrogen) atoms. The highest BCUT2D eigenvalue weighted by atomic mass is 19.4. The first-order chi connectivity index (χ1) is 18.0. The number of halogens is 3. The summed E-state index contributed by atoms with van der Waals surface area (Å²) in [4.78, 5) is 31.5. The first-order valence-electron chi connectivity index (χ1n) is 13.3. The van der Waals surface area contributed by atoms with Crippen LogP contribution in [0.4, 0.5) is 13.2 Å². The minimum Gasteiger partial charge on any atom is -0.391 e. The van der Waals surface area contributed by atoms with Crippen molar-refractivity contribution in [1.29, 1.82) is 0 Å². The molecule has 0 spiro atoms. The van der Waals surface area contributed by atoms with Crippen LogP contribution in [0, 0.1) is 11.8 Å². The predicted molar refractivity (Wildman–Crippen MR) is 135 cm³/mol. The molecule has 1 unspecified atom stereocenters. The summed E-state index contributed by atoms with van der Waals surface area (Å²) in [5.41, 5.74) is -1.18. The second-order valence-corrected chi connectivity index (χ2v) is 10.9. The number of alkyl halides is 3. The molecule has 1 amide bonds. The van der Waals surface area contributed by atoms with E-state index in [2.05, 4.69) is 4.98 Å². The van der Waals surface area contributed by atoms with E-state index in [1.54, 1.807) is 18.0 Å². The van der Waals surface area contributed by atoms with Gasteiger partial charge in [-0.2, -0.15) is 13.2 Å². The van der Waals surface area contributed by atoms with Gasteiger partial charge in [-0.25, -0.2) is 0 Å². The van der Waals surface area contributed by atoms with Crippen molar-refractivity contribution < 1.29 is 33.0 Å². The van der Waals surface area contributed by atoms with Crippen LogP contribution in [0.3, 0.4) is 0 Å². The molecule has 1 aromatic carbocycles. The van der Waals surface area contributed by atoms with Crippen molar-refractivity contribution in [2.24, 2.45) is 11.8 Å². The number of likely N-dealkylation sites (tertiary alicyclic amines) is 1. The minimum absolute atomic E-state index is 0.0676. The van der Waals surface area contributed by atoms with Crippen molar-refractivity contribution in [3.05, 3.63) is 65.5 Å². The Kier molecular flexibility index (Phi) is 8.57. The maximum atomic E-state index is 13.0. The number of hydrogen-bond donors (Lipinski definition) is 2. The van der Waals surface area contributed by atoms with E-state index in [0.717, 1.165) is 31.4 Å². The van der Waals surface area contributed by atoms with Crippen LogP contribution in [-0.2, 0) is 16.6 Å². The van der Waals surface area contributed by atoms with Gasteiger partial charge in [-0.3, -0.25) is 14.6 Å². The molecule has 1 aromatic heterocycles. The van der Waals surface area contributed by atoms with E-state index in [4.69, 9.17) is 0 Å². The first kappa shape index (κ1) is 28.2. The lowest BCUT2D eigenvalue weighted by Gasteiger charge is -2.36. The molecule has 9 heteroatoms. The third-order valence-corrected chi connectivity index (χ3v) is 8.13. The minimum atomic E-state index is -4.55. The lowest BCUT2D eigenvalue weighted by molar-refractivity contribution is -0.137. The topological polar surface area (TPSA) is 90.7 Å². The molecule has 1 aliphatic heterocycles. The third-order valence-electron chi connectivity index (χ3n) is 8.13. The number of aliphatic hydroxyl groups is 2. The molecule has 1 aliphatic carbocycles. The Morgan fingerprint density at radius 2 is 1.84 bits per heavy atom. The normalized spacial score (nSPS) is 26.8. The number of hydrogen-bond acceptors (Lipinski definition) is 5. The van der Waals surface area contributed by atoms with Gasteiger partial charge in [-0.1, -0.05) is 18.2 Å². The van der Waals surface area contributed by atoms with Crippen LogP contribution in [0.15, 0.2) is 48.7 Å². The van der Waals surface area contributed by atoms with Gasteiger partial charge in [0.15, 0.2) is 5.78 Å². The van der Waals surface area contributed by atoms with E-state index in [9.17, 15) is 33.0 Å². The Balaban J connectivity index is 1.31. The van der Waals surface area contributed by atoms with Gasteiger partial charge >= 0.3 is 6.18 Å². The largest absolute Gasteiger partial charge is 0.416 e. The Labute approximate surface area is 220 Å². The van der Waals surface area contributed by atoms with Gasteiger partial charge in [0, 0.05) is 31.1 Å². The molecule has 2 aromatic rings. The number of benzene rings is 1. The maximum absolute atomic E-state index is 13.0. The number of aromatic nitrogens is 1. The number of amides is 1. The number of Topliss-reactive ketones (excluding diaryl/α,β-unsaturated/α-hetero) is 1. The highest BCUT2D eigenvalue weighted by molar-refractivity contribution is 5.98. The first-order valence-corrected chi connectivity index (χ1v) is 13.3. The van der Waals surface area contributed by atoms with Crippen LogP contribution in [0.1, 0.15) is 79.9 Å².